The maximum absolute atomic E-state index is 12.4. The first-order valence-corrected chi connectivity index (χ1v) is 11.0. The maximum atomic E-state index is 12.4. The molecule has 0 unspecified atom stereocenters. The first-order valence-electron chi connectivity index (χ1n) is 9.28. The molecule has 0 amide bonds. The van der Waals surface area contributed by atoms with Gasteiger partial charge in [0, 0.05) is 17.1 Å². The van der Waals surface area contributed by atoms with Gasteiger partial charge in [-0.25, -0.2) is 9.78 Å². The van der Waals surface area contributed by atoms with Crippen LogP contribution >= 0.6 is 23.1 Å². The van der Waals surface area contributed by atoms with Gasteiger partial charge in [-0.1, -0.05) is 56.8 Å². The molecule has 1 heterocycles. The summed E-state index contributed by atoms with van der Waals surface area (Å²) >= 11 is 2.63. The molecule has 0 bridgehead atoms. The van der Waals surface area contributed by atoms with Crippen molar-refractivity contribution in [3.63, 3.8) is 0 Å². The van der Waals surface area contributed by atoms with Crippen molar-refractivity contribution in [2.75, 3.05) is 0 Å². The van der Waals surface area contributed by atoms with E-state index in [2.05, 4.69) is 25.8 Å². The number of benzene rings is 2. The summed E-state index contributed by atoms with van der Waals surface area (Å²) in [6.07, 6.45) is 0. The Kier molecular flexibility index (Phi) is 6.58. The van der Waals surface area contributed by atoms with E-state index in [0.29, 0.717) is 9.24 Å². The lowest BCUT2D eigenvalue weighted by Crippen LogP contribution is -2.11. The predicted octanol–water partition coefficient (Wildman–Crippen LogP) is 6.17. The van der Waals surface area contributed by atoms with Gasteiger partial charge in [0.25, 0.3) is 5.69 Å². The fraction of sp³-hybridized carbons (Fsp3) is 0.273. The highest BCUT2D eigenvalue weighted by atomic mass is 32.2. The van der Waals surface area contributed by atoms with Gasteiger partial charge < -0.3 is 4.74 Å². The fourth-order valence-electron chi connectivity index (χ4n) is 2.68. The zero-order chi connectivity index (χ0) is 21.9. The number of rotatable bonds is 6. The average molecular weight is 443 g/mol. The van der Waals surface area contributed by atoms with Gasteiger partial charge in [0.15, 0.2) is 4.34 Å². The molecule has 156 valence electrons. The minimum absolute atomic E-state index is 0.0469. The lowest BCUT2D eigenvalue weighted by Gasteiger charge is -2.19. The fourth-order valence-corrected chi connectivity index (χ4v) is 4.56. The van der Waals surface area contributed by atoms with E-state index in [1.165, 1.54) is 34.7 Å². The lowest BCUT2D eigenvalue weighted by molar-refractivity contribution is -0.387. The molecule has 8 heteroatoms. The Labute approximate surface area is 183 Å². The SMILES string of the molecule is Cc1csc(Sc2ccc(C(=O)OCc3ccc(C(C)(C)C)cc3)cc2[N+](=O)[O-])n1. The van der Waals surface area contributed by atoms with Crippen LogP contribution in [0.25, 0.3) is 0 Å². The molecule has 0 saturated carbocycles. The lowest BCUT2D eigenvalue weighted by atomic mass is 9.87. The molecule has 0 aliphatic heterocycles. The number of thiazole rings is 1. The number of aromatic nitrogens is 1. The molecule has 0 saturated heterocycles. The van der Waals surface area contributed by atoms with Gasteiger partial charge in [0.2, 0.25) is 0 Å². The maximum Gasteiger partial charge on any atom is 0.338 e. The molecule has 0 spiro atoms. The summed E-state index contributed by atoms with van der Waals surface area (Å²) in [5, 5.41) is 13.4. The van der Waals surface area contributed by atoms with E-state index < -0.39 is 10.9 Å². The molecule has 0 aliphatic carbocycles. The number of ether oxygens (including phenoxy) is 1. The molecule has 0 atom stereocenters. The third kappa shape index (κ3) is 5.46. The van der Waals surface area contributed by atoms with Crippen LogP contribution in [0.2, 0.25) is 0 Å². The number of nitro benzene ring substituents is 1. The van der Waals surface area contributed by atoms with Gasteiger partial charge in [-0.3, -0.25) is 10.1 Å². The van der Waals surface area contributed by atoms with E-state index in [4.69, 9.17) is 4.74 Å². The Morgan fingerprint density at radius 2 is 1.90 bits per heavy atom. The van der Waals surface area contributed by atoms with E-state index in [-0.39, 0.29) is 23.3 Å². The molecule has 1 aromatic heterocycles. The zero-order valence-electron chi connectivity index (χ0n) is 17.2. The highest BCUT2D eigenvalue weighted by Gasteiger charge is 2.20. The Bertz CT molecular complexity index is 1070. The van der Waals surface area contributed by atoms with Crippen molar-refractivity contribution in [3.8, 4) is 0 Å². The van der Waals surface area contributed by atoms with E-state index in [9.17, 15) is 14.9 Å². The minimum atomic E-state index is -0.598. The Morgan fingerprint density at radius 1 is 1.20 bits per heavy atom. The number of nitro groups is 1. The second kappa shape index (κ2) is 8.97. The summed E-state index contributed by atoms with van der Waals surface area (Å²) < 4.78 is 6.07. The summed E-state index contributed by atoms with van der Waals surface area (Å²) in [6.45, 7) is 8.36. The third-order valence-electron chi connectivity index (χ3n) is 4.38. The molecule has 0 fully saturated rings. The van der Waals surface area contributed by atoms with Crippen LogP contribution in [-0.2, 0) is 16.8 Å². The molecular weight excluding hydrogens is 420 g/mol. The molecule has 3 aromatic rings. The third-order valence-corrected chi connectivity index (χ3v) is 6.50. The number of nitrogens with zero attached hydrogens (tertiary/aromatic N) is 2. The number of esters is 1. The van der Waals surface area contributed by atoms with Gasteiger partial charge in [-0.2, -0.15) is 0 Å². The summed E-state index contributed by atoms with van der Waals surface area (Å²) in [5.41, 5.74) is 2.96. The van der Waals surface area contributed by atoms with Crippen LogP contribution in [0.3, 0.4) is 0 Å². The molecule has 0 N–H and O–H groups in total. The van der Waals surface area contributed by atoms with E-state index in [0.717, 1.165) is 11.3 Å². The van der Waals surface area contributed by atoms with Crippen molar-refractivity contribution in [2.24, 2.45) is 0 Å². The number of hydrogen-bond acceptors (Lipinski definition) is 7. The number of hydrogen-bond donors (Lipinski definition) is 0. The van der Waals surface area contributed by atoms with Crippen molar-refractivity contribution in [1.29, 1.82) is 0 Å². The quantitative estimate of drug-likeness (QED) is 0.258. The Morgan fingerprint density at radius 3 is 2.47 bits per heavy atom. The molecule has 3 rings (SSSR count). The normalized spacial score (nSPS) is 11.3. The van der Waals surface area contributed by atoms with Crippen molar-refractivity contribution in [2.45, 2.75) is 49.0 Å². The smallest absolute Gasteiger partial charge is 0.338 e. The number of aryl methyl sites for hydroxylation is 1. The van der Waals surface area contributed by atoms with Crippen LogP contribution in [0, 0.1) is 17.0 Å². The summed E-state index contributed by atoms with van der Waals surface area (Å²) in [6, 6.07) is 12.2. The van der Waals surface area contributed by atoms with Gasteiger partial charge in [0.1, 0.15) is 6.61 Å². The standard InChI is InChI=1S/C22H22N2O4S2/c1-14-13-29-21(23-14)30-19-10-7-16(11-18(19)24(26)27)20(25)28-12-15-5-8-17(9-6-15)22(2,3)4/h5-11,13H,12H2,1-4H3. The first-order chi connectivity index (χ1) is 14.1. The molecule has 2 aromatic carbocycles. The molecule has 6 nitrogen and oxygen atoms in total. The van der Waals surface area contributed by atoms with Crippen molar-refractivity contribution < 1.29 is 14.5 Å². The second-order valence-electron chi connectivity index (χ2n) is 7.82. The predicted molar refractivity (Wildman–Crippen MR) is 118 cm³/mol. The van der Waals surface area contributed by atoms with E-state index in [1.807, 2.05) is 36.6 Å². The number of carbonyl (C=O) groups is 1. The van der Waals surface area contributed by atoms with Crippen LogP contribution in [-0.4, -0.2) is 15.9 Å². The zero-order valence-corrected chi connectivity index (χ0v) is 18.8. The van der Waals surface area contributed by atoms with Crippen molar-refractivity contribution >= 4 is 34.8 Å². The van der Waals surface area contributed by atoms with Crippen LogP contribution in [0.1, 0.15) is 48.0 Å². The number of carbonyl (C=O) groups excluding carboxylic acids is 1. The average Bonchev–Trinajstić information content (AvgIpc) is 3.10. The topological polar surface area (TPSA) is 82.3 Å². The van der Waals surface area contributed by atoms with Crippen LogP contribution in [0.4, 0.5) is 5.69 Å². The highest BCUT2D eigenvalue weighted by molar-refractivity contribution is 8.01. The molecular formula is C22H22N2O4S2. The Balaban J connectivity index is 1.71. The molecule has 30 heavy (non-hydrogen) atoms. The second-order valence-corrected chi connectivity index (χ2v) is 9.97. The van der Waals surface area contributed by atoms with E-state index in [1.54, 1.807) is 12.1 Å². The van der Waals surface area contributed by atoms with Gasteiger partial charge in [-0.15, -0.1) is 11.3 Å². The van der Waals surface area contributed by atoms with Crippen molar-refractivity contribution in [1.82, 2.24) is 4.98 Å². The largest absolute Gasteiger partial charge is 0.457 e. The van der Waals surface area contributed by atoms with Gasteiger partial charge in [-0.05, 0) is 35.6 Å². The minimum Gasteiger partial charge on any atom is -0.457 e. The van der Waals surface area contributed by atoms with Gasteiger partial charge >= 0.3 is 5.97 Å². The first kappa shape index (κ1) is 22.0. The summed E-state index contributed by atoms with van der Waals surface area (Å²) in [4.78, 5) is 28.2. The molecule has 0 aliphatic rings. The summed E-state index contributed by atoms with van der Waals surface area (Å²) in [5.74, 6) is -0.598. The summed E-state index contributed by atoms with van der Waals surface area (Å²) in [7, 11) is 0. The molecule has 0 radical (unpaired) electrons. The Hall–Kier alpha value is -2.71. The monoisotopic (exact) mass is 442 g/mol. The van der Waals surface area contributed by atoms with Gasteiger partial charge in [0.05, 0.1) is 15.4 Å². The van der Waals surface area contributed by atoms with E-state index >= 15 is 0 Å². The van der Waals surface area contributed by atoms with Crippen LogP contribution in [0.15, 0.2) is 57.1 Å². The van der Waals surface area contributed by atoms with Crippen LogP contribution in [0.5, 0.6) is 0 Å². The highest BCUT2D eigenvalue weighted by Crippen LogP contribution is 2.37. The van der Waals surface area contributed by atoms with Crippen molar-refractivity contribution in [3.05, 3.63) is 80.3 Å². The van der Waals surface area contributed by atoms with Crippen LogP contribution < -0.4 is 0 Å².